The van der Waals surface area contributed by atoms with Gasteiger partial charge in [-0.3, -0.25) is 0 Å². The second-order valence-corrected chi connectivity index (χ2v) is 21.9. The fraction of sp³-hybridized carbons (Fsp3) is 0.960. The topological polar surface area (TPSA) is 76.7 Å². The van der Waals surface area contributed by atoms with E-state index < -0.39 is 0 Å². The summed E-state index contributed by atoms with van der Waals surface area (Å²) >= 11 is 0. The molecule has 2 N–H and O–H groups in total. The van der Waals surface area contributed by atoms with Crippen LogP contribution in [0.3, 0.4) is 0 Å². The van der Waals surface area contributed by atoms with Crippen molar-refractivity contribution >= 4 is 12.2 Å². The minimum atomic E-state index is -0.310. The summed E-state index contributed by atoms with van der Waals surface area (Å²) in [5.41, 5.74) is 0.264. The molecule has 4 fully saturated rings. The van der Waals surface area contributed by atoms with Crippen molar-refractivity contribution in [3.8, 4) is 0 Å². The average Bonchev–Trinajstić information content (AvgIpc) is 3.16. The van der Waals surface area contributed by atoms with E-state index >= 15 is 0 Å². The van der Waals surface area contributed by atoms with Gasteiger partial charge in [-0.1, -0.05) is 158 Å². The maximum Gasteiger partial charge on any atom is 0.407 e. The molecule has 6 nitrogen and oxygen atoms in total. The van der Waals surface area contributed by atoms with Crippen LogP contribution in [0.4, 0.5) is 9.59 Å². The van der Waals surface area contributed by atoms with Gasteiger partial charge in [0.05, 0.1) is 13.2 Å². The summed E-state index contributed by atoms with van der Waals surface area (Å²) < 4.78 is 11.8. The van der Waals surface area contributed by atoms with Gasteiger partial charge in [-0.05, 0) is 116 Å². The highest BCUT2D eigenvalue weighted by Crippen LogP contribution is 2.64. The van der Waals surface area contributed by atoms with Crippen molar-refractivity contribution in [2.45, 2.75) is 235 Å². The van der Waals surface area contributed by atoms with Crippen LogP contribution < -0.4 is 10.6 Å². The molecule has 0 aromatic heterocycles. The van der Waals surface area contributed by atoms with Crippen molar-refractivity contribution in [3.63, 3.8) is 0 Å². The van der Waals surface area contributed by atoms with Gasteiger partial charge in [0.25, 0.3) is 0 Å². The molecule has 4 aliphatic carbocycles. The molecule has 0 bridgehead atoms. The number of hydrogen-bond acceptors (Lipinski definition) is 4. The van der Waals surface area contributed by atoms with E-state index in [1.54, 1.807) is 0 Å². The van der Waals surface area contributed by atoms with Crippen molar-refractivity contribution in [2.75, 3.05) is 19.8 Å². The number of carbonyl (C=O) groups is 2. The smallest absolute Gasteiger partial charge is 0.407 e. The summed E-state index contributed by atoms with van der Waals surface area (Å²) in [6.07, 6.45) is 34.2. The maximum absolute atomic E-state index is 13.5. The summed E-state index contributed by atoms with van der Waals surface area (Å²) in [5.74, 6) is 4.03. The first kappa shape index (κ1) is 47.2. The molecule has 0 spiro atoms. The lowest BCUT2D eigenvalue weighted by Crippen LogP contribution is -2.56. The number of rotatable bonds is 23. The SMILES string of the molecule is CCCCCCCCCCCCCCCCCCOC(=O)NCC1(C)CCC(C)(C)C(NC(=O)OCC2(C)CCCC3(C)C4CCC(C(C)C)CC4CCC23)C1. The first-order valence-electron chi connectivity index (χ1n) is 24.6. The standard InChI is InChI=1S/C50H92N2O4/c1-9-10-11-12-13-14-15-16-17-18-19-20-21-22-23-24-34-55-45(53)51-37-48(6)33-32-47(4,5)44(36-48)52-46(54)56-38-49(7)30-25-31-50(8)42-28-26-40(39(2)3)35-41(42)27-29-43(49)50/h39-44H,9-38H2,1-8H3,(H,51,53)(H,52,54). The van der Waals surface area contributed by atoms with Gasteiger partial charge in [-0.15, -0.1) is 0 Å². The lowest BCUT2D eigenvalue weighted by atomic mass is 9.44. The Balaban J connectivity index is 1.09. The normalized spacial score (nSPS) is 32.6. The number of fused-ring (bicyclic) bond motifs is 3. The molecule has 0 radical (unpaired) electrons. The summed E-state index contributed by atoms with van der Waals surface area (Å²) in [4.78, 5) is 26.2. The molecule has 0 aliphatic heterocycles. The number of ether oxygens (including phenoxy) is 2. The summed E-state index contributed by atoms with van der Waals surface area (Å²) in [6, 6.07) is -0.00677. The van der Waals surface area contributed by atoms with Gasteiger partial charge in [0, 0.05) is 18.0 Å². The molecular weight excluding hydrogens is 693 g/mol. The van der Waals surface area contributed by atoms with Crippen molar-refractivity contribution in [2.24, 2.45) is 51.2 Å². The average molecular weight is 785 g/mol. The predicted molar refractivity (Wildman–Crippen MR) is 235 cm³/mol. The highest BCUT2D eigenvalue weighted by molar-refractivity contribution is 5.68. The second kappa shape index (κ2) is 22.8. The maximum atomic E-state index is 13.5. The molecule has 0 aromatic carbocycles. The van der Waals surface area contributed by atoms with Crippen molar-refractivity contribution in [1.29, 1.82) is 0 Å². The predicted octanol–water partition coefficient (Wildman–Crippen LogP) is 14.6. The minimum Gasteiger partial charge on any atom is -0.450 e. The van der Waals surface area contributed by atoms with E-state index in [2.05, 4.69) is 66.0 Å². The minimum absolute atomic E-state index is 0.00677. The number of alkyl carbamates (subject to hydrolysis) is 2. The lowest BCUT2D eigenvalue weighted by Gasteiger charge is -2.61. The quantitative estimate of drug-likeness (QED) is 0.101. The van der Waals surface area contributed by atoms with Gasteiger partial charge >= 0.3 is 12.2 Å². The van der Waals surface area contributed by atoms with Crippen LogP contribution in [-0.2, 0) is 9.47 Å². The molecule has 8 unspecified atom stereocenters. The van der Waals surface area contributed by atoms with Crippen LogP contribution in [0.2, 0.25) is 0 Å². The fourth-order valence-electron chi connectivity index (χ4n) is 12.4. The van der Waals surface area contributed by atoms with Crippen LogP contribution in [-0.4, -0.2) is 38.0 Å². The van der Waals surface area contributed by atoms with Gasteiger partial charge in [0.1, 0.15) is 0 Å². The first-order valence-corrected chi connectivity index (χ1v) is 24.6. The highest BCUT2D eigenvalue weighted by atomic mass is 16.6. The summed E-state index contributed by atoms with van der Waals surface area (Å²) in [5, 5.41) is 6.41. The Kier molecular flexibility index (Phi) is 19.2. The van der Waals surface area contributed by atoms with Crippen LogP contribution in [0.1, 0.15) is 229 Å². The number of nitrogens with one attached hydrogen (secondary N) is 2. The largest absolute Gasteiger partial charge is 0.450 e. The highest BCUT2D eigenvalue weighted by Gasteiger charge is 2.57. The zero-order valence-electron chi connectivity index (χ0n) is 38.3. The van der Waals surface area contributed by atoms with E-state index in [0.29, 0.717) is 31.1 Å². The van der Waals surface area contributed by atoms with Gasteiger partial charge in [-0.25, -0.2) is 9.59 Å². The first-order chi connectivity index (χ1) is 26.7. The molecule has 56 heavy (non-hydrogen) atoms. The van der Waals surface area contributed by atoms with Gasteiger partial charge in [0.15, 0.2) is 0 Å². The van der Waals surface area contributed by atoms with Crippen LogP contribution in [0.15, 0.2) is 0 Å². The number of unbranched alkanes of at least 4 members (excludes halogenated alkanes) is 15. The van der Waals surface area contributed by atoms with E-state index in [-0.39, 0.29) is 34.5 Å². The molecule has 0 heterocycles. The van der Waals surface area contributed by atoms with E-state index in [9.17, 15) is 9.59 Å². The fourth-order valence-corrected chi connectivity index (χ4v) is 12.4. The molecule has 2 amide bonds. The number of amides is 2. The Morgan fingerprint density at radius 2 is 1.29 bits per heavy atom. The van der Waals surface area contributed by atoms with E-state index in [0.717, 1.165) is 62.2 Å². The Morgan fingerprint density at radius 3 is 1.89 bits per heavy atom. The number of hydrogen-bond donors (Lipinski definition) is 2. The van der Waals surface area contributed by atoms with Crippen molar-refractivity contribution in [1.82, 2.24) is 10.6 Å². The van der Waals surface area contributed by atoms with E-state index in [1.165, 1.54) is 135 Å². The van der Waals surface area contributed by atoms with Crippen LogP contribution >= 0.6 is 0 Å². The molecule has 8 atom stereocenters. The molecule has 4 aliphatic rings. The Morgan fingerprint density at radius 1 is 0.679 bits per heavy atom. The summed E-state index contributed by atoms with van der Waals surface area (Å²) in [7, 11) is 0. The van der Waals surface area contributed by atoms with Crippen LogP contribution in [0, 0.1) is 51.2 Å². The Hall–Kier alpha value is -1.46. The van der Waals surface area contributed by atoms with E-state index in [1.807, 2.05) is 0 Å². The second-order valence-electron chi connectivity index (χ2n) is 21.9. The van der Waals surface area contributed by atoms with E-state index in [4.69, 9.17) is 9.47 Å². The Bertz CT molecular complexity index is 1160. The summed E-state index contributed by atoms with van der Waals surface area (Å²) in [6.45, 7) is 20.5. The zero-order chi connectivity index (χ0) is 40.7. The third-order valence-corrected chi connectivity index (χ3v) is 16.5. The third kappa shape index (κ3) is 14.1. The van der Waals surface area contributed by atoms with Crippen LogP contribution in [0.25, 0.3) is 0 Å². The van der Waals surface area contributed by atoms with Gasteiger partial charge in [0.2, 0.25) is 0 Å². The molecule has 6 heteroatoms. The van der Waals surface area contributed by atoms with Gasteiger partial charge < -0.3 is 20.1 Å². The molecule has 4 saturated carbocycles. The molecular formula is C50H92N2O4. The zero-order valence-corrected chi connectivity index (χ0v) is 38.3. The van der Waals surface area contributed by atoms with Gasteiger partial charge in [-0.2, -0.15) is 0 Å². The van der Waals surface area contributed by atoms with Crippen molar-refractivity contribution < 1.29 is 19.1 Å². The Labute approximate surface area is 346 Å². The van der Waals surface area contributed by atoms with Crippen LogP contribution in [0.5, 0.6) is 0 Å². The monoisotopic (exact) mass is 785 g/mol. The number of carbonyl (C=O) groups excluding carboxylic acids is 2. The molecule has 326 valence electrons. The van der Waals surface area contributed by atoms with Crippen molar-refractivity contribution in [3.05, 3.63) is 0 Å². The molecule has 4 rings (SSSR count). The molecule has 0 saturated heterocycles. The lowest BCUT2D eigenvalue weighted by molar-refractivity contribution is -0.136. The molecule has 0 aromatic rings. The third-order valence-electron chi connectivity index (χ3n) is 16.5.